The topological polar surface area (TPSA) is 116 Å². The van der Waals surface area contributed by atoms with Crippen molar-refractivity contribution in [1.29, 1.82) is 0 Å². The summed E-state index contributed by atoms with van der Waals surface area (Å²) in [5.74, 6) is -1.93. The number of benzene rings is 3. The number of carbonyl (C=O) groups excluding carboxylic acids is 3. The molecule has 1 saturated heterocycles. The Morgan fingerprint density at radius 1 is 0.946 bits per heavy atom. The lowest BCUT2D eigenvalue weighted by molar-refractivity contribution is -0.153. The number of carbonyl (C=O) groups is 3. The maximum Gasteiger partial charge on any atom is 0.338 e. The number of hydrogen-bond acceptors (Lipinski definition) is 6. The number of nitrogens with zero attached hydrogens (tertiary/aromatic N) is 1. The number of esters is 1. The molecule has 8 heteroatoms. The molecular weight excluding hydrogens is 472 g/mol. The van der Waals surface area contributed by atoms with Crippen molar-refractivity contribution in [2.45, 2.75) is 37.6 Å². The standard InChI is InChI=1S/C29H30N2O6/c1-37-29(36)23-11-6-5-10-22(23)20-15-13-19(14-16-20)18-30-27(34)25(32)26(33)28(35)31-17-7-12-24(31)21-8-3-2-4-9-21/h2-6,8-11,13-16,24-26,32-33H,7,12,17-18H2,1H3,(H,30,34)/t24-,25-,26-/m1/s1. The van der Waals surface area contributed by atoms with Gasteiger partial charge in [0.05, 0.1) is 18.7 Å². The van der Waals surface area contributed by atoms with E-state index in [0.717, 1.165) is 35.1 Å². The zero-order chi connectivity index (χ0) is 26.4. The van der Waals surface area contributed by atoms with Crippen LogP contribution >= 0.6 is 0 Å². The molecule has 37 heavy (non-hydrogen) atoms. The van der Waals surface area contributed by atoms with E-state index in [4.69, 9.17) is 4.74 Å². The van der Waals surface area contributed by atoms with E-state index < -0.39 is 30.0 Å². The molecule has 0 unspecified atom stereocenters. The molecular formula is C29H30N2O6. The fourth-order valence-electron chi connectivity index (χ4n) is 4.62. The normalized spacial score (nSPS) is 16.6. The Labute approximate surface area is 215 Å². The third-order valence-electron chi connectivity index (χ3n) is 6.60. The Balaban J connectivity index is 1.36. The van der Waals surface area contributed by atoms with E-state index in [2.05, 4.69) is 5.32 Å². The second-order valence-corrected chi connectivity index (χ2v) is 8.94. The van der Waals surface area contributed by atoms with E-state index >= 15 is 0 Å². The van der Waals surface area contributed by atoms with Gasteiger partial charge in [-0.15, -0.1) is 0 Å². The number of amides is 2. The van der Waals surface area contributed by atoms with Crippen LogP contribution in [0.3, 0.4) is 0 Å². The van der Waals surface area contributed by atoms with E-state index in [-0.39, 0.29) is 12.6 Å². The molecule has 3 aromatic carbocycles. The molecule has 0 aliphatic carbocycles. The molecule has 0 bridgehead atoms. The van der Waals surface area contributed by atoms with Crippen LogP contribution < -0.4 is 5.32 Å². The Morgan fingerprint density at radius 3 is 2.32 bits per heavy atom. The first-order valence-electron chi connectivity index (χ1n) is 12.2. The van der Waals surface area contributed by atoms with Crippen molar-refractivity contribution >= 4 is 17.8 Å². The predicted molar refractivity (Wildman–Crippen MR) is 137 cm³/mol. The lowest BCUT2D eigenvalue weighted by Gasteiger charge is -2.28. The summed E-state index contributed by atoms with van der Waals surface area (Å²) in [6.45, 7) is 0.543. The average molecular weight is 503 g/mol. The van der Waals surface area contributed by atoms with Crippen LogP contribution in [0.1, 0.15) is 40.4 Å². The molecule has 3 atom stereocenters. The van der Waals surface area contributed by atoms with Crippen LogP contribution in [0.4, 0.5) is 0 Å². The van der Waals surface area contributed by atoms with E-state index in [1.54, 1.807) is 24.3 Å². The van der Waals surface area contributed by atoms with Crippen molar-refractivity contribution in [3.8, 4) is 11.1 Å². The fraction of sp³-hybridized carbons (Fsp3) is 0.276. The Morgan fingerprint density at radius 2 is 1.62 bits per heavy atom. The summed E-state index contributed by atoms with van der Waals surface area (Å²) >= 11 is 0. The molecule has 3 aromatic rings. The lowest BCUT2D eigenvalue weighted by atomic mass is 9.98. The van der Waals surface area contributed by atoms with Crippen molar-refractivity contribution in [2.24, 2.45) is 0 Å². The second kappa shape index (κ2) is 11.8. The molecule has 0 spiro atoms. The van der Waals surface area contributed by atoms with E-state index in [0.29, 0.717) is 12.1 Å². The quantitative estimate of drug-likeness (QED) is 0.408. The van der Waals surface area contributed by atoms with E-state index in [9.17, 15) is 24.6 Å². The van der Waals surface area contributed by atoms with Crippen LogP contribution in [0.2, 0.25) is 0 Å². The minimum Gasteiger partial charge on any atom is -0.465 e. The number of nitrogens with one attached hydrogen (secondary N) is 1. The summed E-state index contributed by atoms with van der Waals surface area (Å²) in [6, 6.07) is 23.6. The smallest absolute Gasteiger partial charge is 0.338 e. The highest BCUT2D eigenvalue weighted by Crippen LogP contribution is 2.32. The highest BCUT2D eigenvalue weighted by Gasteiger charge is 2.38. The van der Waals surface area contributed by atoms with Gasteiger partial charge in [-0.1, -0.05) is 72.8 Å². The fourth-order valence-corrected chi connectivity index (χ4v) is 4.62. The number of aliphatic hydroxyl groups is 2. The predicted octanol–water partition coefficient (Wildman–Crippen LogP) is 2.84. The summed E-state index contributed by atoms with van der Waals surface area (Å²) in [5.41, 5.74) is 3.66. The third-order valence-corrected chi connectivity index (χ3v) is 6.60. The number of methoxy groups -OCH3 is 1. The first kappa shape index (κ1) is 26.1. The summed E-state index contributed by atoms with van der Waals surface area (Å²) < 4.78 is 4.85. The van der Waals surface area contributed by atoms with Gasteiger partial charge in [-0.3, -0.25) is 9.59 Å². The lowest BCUT2D eigenvalue weighted by Crippen LogP contribution is -2.50. The molecule has 0 radical (unpaired) electrons. The Hall–Kier alpha value is -4.01. The van der Waals surface area contributed by atoms with Gasteiger partial charge in [-0.05, 0) is 41.2 Å². The van der Waals surface area contributed by atoms with Crippen LogP contribution in [-0.4, -0.2) is 58.8 Å². The third kappa shape index (κ3) is 5.87. The molecule has 8 nitrogen and oxygen atoms in total. The van der Waals surface area contributed by atoms with Gasteiger partial charge in [0.25, 0.3) is 11.8 Å². The summed E-state index contributed by atoms with van der Waals surface area (Å²) in [6.07, 6.45) is -2.22. The second-order valence-electron chi connectivity index (χ2n) is 8.94. The van der Waals surface area contributed by atoms with Crippen LogP contribution in [0, 0.1) is 0 Å². The van der Waals surface area contributed by atoms with Gasteiger partial charge in [0.2, 0.25) is 0 Å². The van der Waals surface area contributed by atoms with Gasteiger partial charge in [-0.25, -0.2) is 4.79 Å². The van der Waals surface area contributed by atoms with Crippen molar-refractivity contribution in [3.63, 3.8) is 0 Å². The largest absolute Gasteiger partial charge is 0.465 e. The van der Waals surface area contributed by atoms with Crippen LogP contribution in [0.15, 0.2) is 78.9 Å². The zero-order valence-corrected chi connectivity index (χ0v) is 20.5. The van der Waals surface area contributed by atoms with Crippen molar-refractivity contribution in [3.05, 3.63) is 95.6 Å². The number of rotatable bonds is 8. The molecule has 192 valence electrons. The molecule has 1 aliphatic rings. The number of aliphatic hydroxyl groups excluding tert-OH is 2. The van der Waals surface area contributed by atoms with Crippen molar-refractivity contribution < 1.29 is 29.3 Å². The number of hydrogen-bond donors (Lipinski definition) is 3. The number of likely N-dealkylation sites (tertiary alicyclic amines) is 1. The molecule has 1 fully saturated rings. The highest BCUT2D eigenvalue weighted by atomic mass is 16.5. The molecule has 3 N–H and O–H groups in total. The van der Waals surface area contributed by atoms with Gasteiger partial charge >= 0.3 is 5.97 Å². The summed E-state index contributed by atoms with van der Waals surface area (Å²) in [5, 5.41) is 23.5. The van der Waals surface area contributed by atoms with Crippen molar-refractivity contribution in [2.75, 3.05) is 13.7 Å². The van der Waals surface area contributed by atoms with E-state index in [1.165, 1.54) is 12.0 Å². The highest BCUT2D eigenvalue weighted by molar-refractivity contribution is 5.97. The van der Waals surface area contributed by atoms with Gasteiger partial charge in [0, 0.05) is 13.1 Å². The molecule has 0 aromatic heterocycles. The molecule has 4 rings (SSSR count). The average Bonchev–Trinajstić information content (AvgIpc) is 3.45. The summed E-state index contributed by atoms with van der Waals surface area (Å²) in [7, 11) is 1.33. The first-order chi connectivity index (χ1) is 17.9. The van der Waals surface area contributed by atoms with Gasteiger partial charge in [0.15, 0.2) is 12.2 Å². The molecule has 2 amide bonds. The number of ether oxygens (including phenoxy) is 1. The maximum atomic E-state index is 12.9. The van der Waals surface area contributed by atoms with Crippen molar-refractivity contribution in [1.82, 2.24) is 10.2 Å². The summed E-state index contributed by atoms with van der Waals surface area (Å²) in [4.78, 5) is 39.0. The SMILES string of the molecule is COC(=O)c1ccccc1-c1ccc(CNC(=O)[C@H](O)[C@@H](O)C(=O)N2CCC[C@@H]2c2ccccc2)cc1. The minimum absolute atomic E-state index is 0.0894. The Bertz CT molecular complexity index is 1240. The Kier molecular flexibility index (Phi) is 8.32. The molecule has 0 saturated carbocycles. The minimum atomic E-state index is -1.89. The monoisotopic (exact) mass is 502 g/mol. The van der Waals surface area contributed by atoms with Gasteiger partial charge < -0.3 is 25.2 Å². The van der Waals surface area contributed by atoms with Crippen LogP contribution in [-0.2, 0) is 20.9 Å². The van der Waals surface area contributed by atoms with Gasteiger partial charge in [0.1, 0.15) is 0 Å². The maximum absolute atomic E-state index is 12.9. The first-order valence-corrected chi connectivity index (χ1v) is 12.2. The van der Waals surface area contributed by atoms with Crippen LogP contribution in [0.5, 0.6) is 0 Å². The zero-order valence-electron chi connectivity index (χ0n) is 20.5. The van der Waals surface area contributed by atoms with Gasteiger partial charge in [-0.2, -0.15) is 0 Å². The van der Waals surface area contributed by atoms with E-state index in [1.807, 2.05) is 54.6 Å². The molecule has 1 aliphatic heterocycles. The molecule has 1 heterocycles. The van der Waals surface area contributed by atoms with Crippen LogP contribution in [0.25, 0.3) is 11.1 Å².